The van der Waals surface area contributed by atoms with Gasteiger partial charge in [0.15, 0.2) is 0 Å². The molecule has 0 fully saturated rings. The lowest BCUT2D eigenvalue weighted by Gasteiger charge is -2.16. The summed E-state index contributed by atoms with van der Waals surface area (Å²) in [7, 11) is 2.05. The summed E-state index contributed by atoms with van der Waals surface area (Å²) in [5.74, 6) is 1.09. The molecule has 1 N–H and O–H groups in total. The van der Waals surface area contributed by atoms with Crippen molar-refractivity contribution in [3.8, 4) is 0 Å². The maximum atomic E-state index is 4.49. The number of hydrogen-bond donors (Lipinski definition) is 1. The number of rotatable bonds is 5. The van der Waals surface area contributed by atoms with E-state index in [2.05, 4.69) is 48.8 Å². The molecule has 0 saturated carbocycles. The first-order chi connectivity index (χ1) is 8.63. The molecule has 2 aromatic rings. The van der Waals surface area contributed by atoms with E-state index < -0.39 is 0 Å². The van der Waals surface area contributed by atoms with E-state index in [0.29, 0.717) is 0 Å². The van der Waals surface area contributed by atoms with Gasteiger partial charge in [-0.25, -0.2) is 4.98 Å². The quantitative estimate of drug-likeness (QED) is 0.898. The lowest BCUT2D eigenvalue weighted by molar-refractivity contribution is 0.562. The lowest BCUT2D eigenvalue weighted by atomic mass is 10.2. The van der Waals surface area contributed by atoms with Crippen LogP contribution in [0.5, 0.6) is 0 Å². The van der Waals surface area contributed by atoms with E-state index in [4.69, 9.17) is 0 Å². The Morgan fingerprint density at radius 3 is 2.72 bits per heavy atom. The fourth-order valence-electron chi connectivity index (χ4n) is 2.01. The summed E-state index contributed by atoms with van der Waals surface area (Å²) in [6.45, 7) is 7.55. The molecule has 0 radical (unpaired) electrons. The van der Waals surface area contributed by atoms with Gasteiger partial charge >= 0.3 is 0 Å². The molecule has 0 bridgehead atoms. The number of nitrogens with zero attached hydrogens (tertiary/aromatic N) is 2. The molecule has 0 aliphatic carbocycles. The van der Waals surface area contributed by atoms with Crippen molar-refractivity contribution >= 4 is 11.3 Å². The number of nitrogens with one attached hydrogen (secondary N) is 1. The first-order valence-corrected chi connectivity index (χ1v) is 7.22. The Balaban J connectivity index is 2.33. The van der Waals surface area contributed by atoms with Gasteiger partial charge in [-0.15, -0.1) is 11.3 Å². The van der Waals surface area contributed by atoms with E-state index in [1.807, 2.05) is 23.7 Å². The van der Waals surface area contributed by atoms with Crippen LogP contribution in [0.25, 0.3) is 0 Å². The Morgan fingerprint density at radius 1 is 1.44 bits per heavy atom. The summed E-state index contributed by atoms with van der Waals surface area (Å²) in [6.07, 6.45) is 5.00. The topological polar surface area (TPSA) is 29.9 Å². The van der Waals surface area contributed by atoms with Crippen LogP contribution in [-0.2, 0) is 7.05 Å². The molecule has 0 amide bonds. The van der Waals surface area contributed by atoms with E-state index in [1.54, 1.807) is 0 Å². The van der Waals surface area contributed by atoms with Gasteiger partial charge < -0.3 is 9.88 Å². The molecule has 18 heavy (non-hydrogen) atoms. The third-order valence-electron chi connectivity index (χ3n) is 3.18. The van der Waals surface area contributed by atoms with E-state index in [9.17, 15) is 0 Å². The Kier molecular flexibility index (Phi) is 4.19. The normalized spacial score (nSPS) is 12.9. The molecule has 2 rings (SSSR count). The maximum Gasteiger partial charge on any atom is 0.131 e. The summed E-state index contributed by atoms with van der Waals surface area (Å²) >= 11 is 1.86. The van der Waals surface area contributed by atoms with Gasteiger partial charge in [-0.3, -0.25) is 0 Å². The number of imidazole rings is 1. The third-order valence-corrected chi connectivity index (χ3v) is 4.40. The highest BCUT2D eigenvalue weighted by atomic mass is 32.1. The van der Waals surface area contributed by atoms with Crippen LogP contribution in [0, 0.1) is 13.8 Å². The van der Waals surface area contributed by atoms with Crippen molar-refractivity contribution in [1.29, 1.82) is 0 Å². The summed E-state index contributed by atoms with van der Waals surface area (Å²) < 4.78 is 2.09. The zero-order chi connectivity index (χ0) is 13.1. The van der Waals surface area contributed by atoms with Crippen molar-refractivity contribution in [3.05, 3.63) is 39.6 Å². The molecular weight excluding hydrogens is 242 g/mol. The fourth-order valence-corrected chi connectivity index (χ4v) is 3.12. The molecule has 0 aliphatic rings. The highest BCUT2D eigenvalue weighted by Crippen LogP contribution is 2.29. The van der Waals surface area contributed by atoms with Gasteiger partial charge in [0.1, 0.15) is 11.9 Å². The minimum atomic E-state index is 0.211. The number of aryl methyl sites for hydroxylation is 3. The standard InChI is InChI=1S/C14H21N3S/c1-5-6-15-13(14-16-7-8-17(14)4)12-9-10(2)11(3)18-12/h7-9,13,15H,5-6H2,1-4H3. The zero-order valence-corrected chi connectivity index (χ0v) is 12.3. The summed E-state index contributed by atoms with van der Waals surface area (Å²) in [5.41, 5.74) is 1.37. The van der Waals surface area contributed by atoms with Crippen LogP contribution in [0.1, 0.15) is 40.5 Å². The van der Waals surface area contributed by atoms with E-state index in [-0.39, 0.29) is 6.04 Å². The lowest BCUT2D eigenvalue weighted by Crippen LogP contribution is -2.25. The number of thiophene rings is 1. The number of aromatic nitrogens is 2. The minimum absolute atomic E-state index is 0.211. The molecule has 0 aliphatic heterocycles. The SMILES string of the molecule is CCCNC(c1cc(C)c(C)s1)c1nccn1C. The van der Waals surface area contributed by atoms with E-state index in [0.717, 1.165) is 18.8 Å². The molecule has 4 heteroatoms. The van der Waals surface area contributed by atoms with E-state index >= 15 is 0 Å². The van der Waals surface area contributed by atoms with Crippen molar-refractivity contribution in [2.45, 2.75) is 33.2 Å². The Morgan fingerprint density at radius 2 is 2.22 bits per heavy atom. The highest BCUT2D eigenvalue weighted by Gasteiger charge is 2.19. The Labute approximate surface area is 113 Å². The van der Waals surface area contributed by atoms with E-state index in [1.165, 1.54) is 15.3 Å². The highest BCUT2D eigenvalue weighted by molar-refractivity contribution is 7.12. The zero-order valence-electron chi connectivity index (χ0n) is 11.5. The van der Waals surface area contributed by atoms with Crippen LogP contribution in [0.15, 0.2) is 18.5 Å². The smallest absolute Gasteiger partial charge is 0.131 e. The first kappa shape index (κ1) is 13.3. The second-order valence-corrected chi connectivity index (χ2v) is 5.96. The minimum Gasteiger partial charge on any atom is -0.336 e. The third kappa shape index (κ3) is 2.65. The van der Waals surface area contributed by atoms with Crippen LogP contribution in [0.3, 0.4) is 0 Å². The monoisotopic (exact) mass is 263 g/mol. The second-order valence-electron chi connectivity index (χ2n) is 4.67. The van der Waals surface area contributed by atoms with Gasteiger partial charge in [-0.1, -0.05) is 6.92 Å². The summed E-state index contributed by atoms with van der Waals surface area (Å²) in [5, 5.41) is 3.60. The van der Waals surface area contributed by atoms with Gasteiger partial charge in [-0.05, 0) is 38.4 Å². The molecule has 98 valence electrons. The van der Waals surface area contributed by atoms with Crippen LogP contribution in [0.4, 0.5) is 0 Å². The van der Waals surface area contributed by atoms with Gasteiger partial charge in [0.05, 0.1) is 0 Å². The second kappa shape index (κ2) is 5.67. The number of hydrogen-bond acceptors (Lipinski definition) is 3. The van der Waals surface area contributed by atoms with Gasteiger partial charge in [0.2, 0.25) is 0 Å². The van der Waals surface area contributed by atoms with Crippen molar-refractivity contribution in [2.75, 3.05) is 6.54 Å². The Bertz CT molecular complexity index is 493. The van der Waals surface area contributed by atoms with Crippen LogP contribution >= 0.6 is 11.3 Å². The summed E-state index contributed by atoms with van der Waals surface area (Å²) in [6, 6.07) is 2.49. The van der Waals surface area contributed by atoms with Gasteiger partial charge in [-0.2, -0.15) is 0 Å². The molecule has 2 aromatic heterocycles. The first-order valence-electron chi connectivity index (χ1n) is 6.41. The van der Waals surface area contributed by atoms with Crippen molar-refractivity contribution in [2.24, 2.45) is 7.05 Å². The fraction of sp³-hybridized carbons (Fsp3) is 0.500. The predicted molar refractivity (Wildman–Crippen MR) is 77.1 cm³/mol. The van der Waals surface area contributed by atoms with Crippen LogP contribution < -0.4 is 5.32 Å². The molecule has 2 heterocycles. The molecule has 0 aromatic carbocycles. The summed E-state index contributed by atoms with van der Waals surface area (Å²) in [4.78, 5) is 7.24. The van der Waals surface area contributed by atoms with Gasteiger partial charge in [0.25, 0.3) is 0 Å². The predicted octanol–water partition coefficient (Wildman–Crippen LogP) is 3.19. The molecule has 0 saturated heterocycles. The molecule has 1 unspecified atom stereocenters. The largest absolute Gasteiger partial charge is 0.336 e. The average Bonchev–Trinajstić information content (AvgIpc) is 2.88. The van der Waals surface area contributed by atoms with Gasteiger partial charge in [0, 0.05) is 29.2 Å². The molecule has 1 atom stereocenters. The Hall–Kier alpha value is -1.13. The average molecular weight is 263 g/mol. The van der Waals surface area contributed by atoms with Crippen LogP contribution in [-0.4, -0.2) is 16.1 Å². The van der Waals surface area contributed by atoms with Crippen molar-refractivity contribution in [3.63, 3.8) is 0 Å². The maximum absolute atomic E-state index is 4.49. The van der Waals surface area contributed by atoms with Crippen molar-refractivity contribution < 1.29 is 0 Å². The van der Waals surface area contributed by atoms with Crippen molar-refractivity contribution in [1.82, 2.24) is 14.9 Å². The van der Waals surface area contributed by atoms with Crippen LogP contribution in [0.2, 0.25) is 0 Å². The molecule has 3 nitrogen and oxygen atoms in total. The molecular formula is C14H21N3S. The molecule has 0 spiro atoms.